The molecule has 100 valence electrons. The Labute approximate surface area is 102 Å². The van der Waals surface area contributed by atoms with E-state index in [9.17, 15) is 9.59 Å². The number of hydrogen-bond acceptors (Lipinski definition) is 3. The van der Waals surface area contributed by atoms with Crippen molar-refractivity contribution < 1.29 is 19.4 Å². The molecule has 1 unspecified atom stereocenters. The molecule has 0 heterocycles. The molecule has 0 aliphatic heterocycles. The summed E-state index contributed by atoms with van der Waals surface area (Å²) in [4.78, 5) is 23.7. The molecule has 0 radical (unpaired) electrons. The Balaban J connectivity index is 4.18. The lowest BCUT2D eigenvalue weighted by molar-refractivity contribution is -0.138. The Morgan fingerprint density at radius 2 is 2.06 bits per heavy atom. The second kappa shape index (κ2) is 8.81. The number of carbonyl (C=O) groups excluding carboxylic acids is 1. The minimum atomic E-state index is -1.01. The maximum atomic E-state index is 11.7. The number of aliphatic carboxylic acids is 1. The van der Waals surface area contributed by atoms with Crippen molar-refractivity contribution in [1.29, 1.82) is 0 Å². The molecule has 1 atom stereocenters. The summed E-state index contributed by atoms with van der Waals surface area (Å²) in [5.41, 5.74) is 0. The van der Waals surface area contributed by atoms with Crippen LogP contribution in [0.25, 0.3) is 0 Å². The molecular weight excluding hydrogens is 224 g/mol. The van der Waals surface area contributed by atoms with Crippen LogP contribution >= 0.6 is 0 Å². The number of carboxylic acids is 1. The number of nitrogens with one attached hydrogen (secondary N) is 1. The molecule has 0 bridgehead atoms. The molecule has 0 spiro atoms. The van der Waals surface area contributed by atoms with Gasteiger partial charge in [0.25, 0.3) is 0 Å². The zero-order valence-electron chi connectivity index (χ0n) is 10.7. The Kier molecular flexibility index (Phi) is 8.13. The standard InChI is InChI=1S/C11H22N2O4/c1-4-9(3)13(8-10(14)15)11(16)12-6-7-17-5-2/h9H,4-8H2,1-3H3,(H,12,16)(H,14,15). The summed E-state index contributed by atoms with van der Waals surface area (Å²) < 4.78 is 5.08. The average molecular weight is 246 g/mol. The summed E-state index contributed by atoms with van der Waals surface area (Å²) in [6.07, 6.45) is 0.714. The summed E-state index contributed by atoms with van der Waals surface area (Å²) in [7, 11) is 0. The van der Waals surface area contributed by atoms with Crippen LogP contribution in [0.4, 0.5) is 4.79 Å². The van der Waals surface area contributed by atoms with Crippen LogP contribution in [0.1, 0.15) is 27.2 Å². The number of carboxylic acid groups (broad SMARTS) is 1. The molecule has 2 N–H and O–H groups in total. The molecule has 0 aromatic carbocycles. The Morgan fingerprint density at radius 1 is 1.41 bits per heavy atom. The van der Waals surface area contributed by atoms with E-state index < -0.39 is 5.97 Å². The van der Waals surface area contributed by atoms with E-state index in [4.69, 9.17) is 9.84 Å². The van der Waals surface area contributed by atoms with Gasteiger partial charge in [-0.15, -0.1) is 0 Å². The molecule has 2 amide bonds. The van der Waals surface area contributed by atoms with Gasteiger partial charge >= 0.3 is 12.0 Å². The molecule has 0 aliphatic rings. The number of ether oxygens (including phenoxy) is 1. The highest BCUT2D eigenvalue weighted by atomic mass is 16.5. The molecule has 0 fully saturated rings. The maximum absolute atomic E-state index is 11.7. The van der Waals surface area contributed by atoms with E-state index in [-0.39, 0.29) is 18.6 Å². The third-order valence-corrected chi connectivity index (χ3v) is 2.42. The van der Waals surface area contributed by atoms with Crippen molar-refractivity contribution in [3.8, 4) is 0 Å². The van der Waals surface area contributed by atoms with Crippen LogP contribution in [-0.2, 0) is 9.53 Å². The van der Waals surface area contributed by atoms with Gasteiger partial charge in [-0.25, -0.2) is 4.79 Å². The van der Waals surface area contributed by atoms with Crippen molar-refractivity contribution in [3.63, 3.8) is 0 Å². The van der Waals surface area contributed by atoms with Crippen LogP contribution in [0.5, 0.6) is 0 Å². The van der Waals surface area contributed by atoms with Crippen LogP contribution < -0.4 is 5.32 Å². The lowest BCUT2D eigenvalue weighted by Crippen LogP contribution is -2.48. The molecule has 6 heteroatoms. The summed E-state index contributed by atoms with van der Waals surface area (Å²) in [6, 6.07) is -0.459. The highest BCUT2D eigenvalue weighted by Gasteiger charge is 2.20. The summed E-state index contributed by atoms with van der Waals surface area (Å²) >= 11 is 0. The quantitative estimate of drug-likeness (QED) is 0.624. The van der Waals surface area contributed by atoms with Crippen molar-refractivity contribution in [1.82, 2.24) is 10.2 Å². The second-order valence-corrected chi connectivity index (χ2v) is 3.71. The molecule has 0 saturated heterocycles. The number of nitrogens with zero attached hydrogens (tertiary/aromatic N) is 1. The van der Waals surface area contributed by atoms with Gasteiger partial charge in [0, 0.05) is 19.2 Å². The summed E-state index contributed by atoms with van der Waals surface area (Å²) in [5.74, 6) is -1.01. The number of carbonyl (C=O) groups is 2. The topological polar surface area (TPSA) is 78.9 Å². The van der Waals surface area contributed by atoms with E-state index in [2.05, 4.69) is 5.32 Å². The zero-order chi connectivity index (χ0) is 13.3. The highest BCUT2D eigenvalue weighted by molar-refractivity contribution is 5.80. The number of rotatable bonds is 8. The smallest absolute Gasteiger partial charge is 0.323 e. The largest absolute Gasteiger partial charge is 0.480 e. The van der Waals surface area contributed by atoms with Crippen molar-refractivity contribution in [2.75, 3.05) is 26.3 Å². The predicted octanol–water partition coefficient (Wildman–Crippen LogP) is 0.918. The fraction of sp³-hybridized carbons (Fsp3) is 0.818. The summed E-state index contributed by atoms with van der Waals surface area (Å²) in [6.45, 7) is 6.74. The van der Waals surface area contributed by atoms with Crippen LogP contribution in [0.15, 0.2) is 0 Å². The predicted molar refractivity (Wildman–Crippen MR) is 64.0 cm³/mol. The first-order valence-electron chi connectivity index (χ1n) is 5.86. The van der Waals surface area contributed by atoms with Gasteiger partial charge < -0.3 is 20.1 Å². The van der Waals surface area contributed by atoms with Gasteiger partial charge in [-0.3, -0.25) is 4.79 Å². The van der Waals surface area contributed by atoms with Gasteiger partial charge in [0.15, 0.2) is 0 Å². The van der Waals surface area contributed by atoms with Crippen molar-refractivity contribution in [2.24, 2.45) is 0 Å². The first-order valence-corrected chi connectivity index (χ1v) is 5.86. The number of amides is 2. The first-order chi connectivity index (χ1) is 8.02. The van der Waals surface area contributed by atoms with Crippen molar-refractivity contribution in [2.45, 2.75) is 33.2 Å². The minimum Gasteiger partial charge on any atom is -0.480 e. The van der Waals surface area contributed by atoms with E-state index in [1.54, 1.807) is 0 Å². The van der Waals surface area contributed by atoms with E-state index in [1.165, 1.54) is 4.90 Å². The van der Waals surface area contributed by atoms with Gasteiger partial charge in [0.05, 0.1) is 6.61 Å². The molecule has 0 aliphatic carbocycles. The Bertz CT molecular complexity index is 246. The third kappa shape index (κ3) is 6.78. The fourth-order valence-electron chi connectivity index (χ4n) is 1.27. The SMILES string of the molecule is CCOCCNC(=O)N(CC(=O)O)C(C)CC. The van der Waals surface area contributed by atoms with Crippen LogP contribution in [-0.4, -0.2) is 54.4 Å². The maximum Gasteiger partial charge on any atom is 0.323 e. The molecule has 17 heavy (non-hydrogen) atoms. The van der Waals surface area contributed by atoms with Gasteiger partial charge in [0.1, 0.15) is 6.54 Å². The molecule has 0 aromatic rings. The third-order valence-electron chi connectivity index (χ3n) is 2.42. The van der Waals surface area contributed by atoms with Gasteiger partial charge in [0.2, 0.25) is 0 Å². The molecule has 0 aromatic heterocycles. The molecular formula is C11H22N2O4. The molecule has 0 rings (SSSR count). The Hall–Kier alpha value is -1.30. The van der Waals surface area contributed by atoms with Crippen LogP contribution in [0, 0.1) is 0 Å². The second-order valence-electron chi connectivity index (χ2n) is 3.71. The number of hydrogen-bond donors (Lipinski definition) is 2. The monoisotopic (exact) mass is 246 g/mol. The van der Waals surface area contributed by atoms with Crippen LogP contribution in [0.2, 0.25) is 0 Å². The Morgan fingerprint density at radius 3 is 2.53 bits per heavy atom. The molecule has 0 saturated carbocycles. The van der Waals surface area contributed by atoms with E-state index in [0.717, 1.165) is 0 Å². The van der Waals surface area contributed by atoms with Crippen molar-refractivity contribution in [3.05, 3.63) is 0 Å². The zero-order valence-corrected chi connectivity index (χ0v) is 10.7. The van der Waals surface area contributed by atoms with Gasteiger partial charge in [-0.1, -0.05) is 6.92 Å². The van der Waals surface area contributed by atoms with Crippen molar-refractivity contribution >= 4 is 12.0 Å². The minimum absolute atomic E-state index is 0.0989. The van der Waals surface area contributed by atoms with Crippen LogP contribution in [0.3, 0.4) is 0 Å². The fourth-order valence-corrected chi connectivity index (χ4v) is 1.27. The normalized spacial score (nSPS) is 11.9. The van der Waals surface area contributed by atoms with Gasteiger partial charge in [-0.2, -0.15) is 0 Å². The van der Waals surface area contributed by atoms with E-state index in [0.29, 0.717) is 26.2 Å². The lowest BCUT2D eigenvalue weighted by atomic mass is 10.2. The van der Waals surface area contributed by atoms with Gasteiger partial charge in [-0.05, 0) is 20.3 Å². The molecule has 6 nitrogen and oxygen atoms in total. The number of urea groups is 1. The average Bonchev–Trinajstić information content (AvgIpc) is 2.30. The van der Waals surface area contributed by atoms with E-state index >= 15 is 0 Å². The summed E-state index contributed by atoms with van der Waals surface area (Å²) in [5, 5.41) is 11.4. The highest BCUT2D eigenvalue weighted by Crippen LogP contribution is 2.03. The lowest BCUT2D eigenvalue weighted by Gasteiger charge is -2.27. The van der Waals surface area contributed by atoms with E-state index in [1.807, 2.05) is 20.8 Å². The first kappa shape index (κ1) is 15.7.